The van der Waals surface area contributed by atoms with E-state index < -0.39 is 7.82 Å². The van der Waals surface area contributed by atoms with Crippen molar-refractivity contribution in [3.63, 3.8) is 0 Å². The van der Waals surface area contributed by atoms with Gasteiger partial charge in [-0.3, -0.25) is 14.9 Å². The molecule has 1 aliphatic rings. The molecule has 1 aliphatic heterocycles. The van der Waals surface area contributed by atoms with E-state index in [0.717, 1.165) is 54.5 Å². The number of phosphoric ester groups is 1. The van der Waals surface area contributed by atoms with E-state index in [0.29, 0.717) is 22.3 Å². The summed E-state index contributed by atoms with van der Waals surface area (Å²) in [7, 11) is -4.68. The quantitative estimate of drug-likeness (QED) is 0.198. The highest BCUT2D eigenvalue weighted by atomic mass is 31.2. The van der Waals surface area contributed by atoms with E-state index in [1.165, 1.54) is 0 Å². The van der Waals surface area contributed by atoms with Crippen molar-refractivity contribution < 1.29 is 18.5 Å². The Morgan fingerprint density at radius 2 is 0.911 bits per heavy atom. The van der Waals surface area contributed by atoms with E-state index in [4.69, 9.17) is 19.0 Å². The molecule has 214 valence electrons. The maximum absolute atomic E-state index is 13.9. The summed E-state index contributed by atoms with van der Waals surface area (Å²) in [6.07, 6.45) is 3.56. The molecule has 8 aromatic rings. The number of nitrogens with zero attached hydrogens (tertiary/aromatic N) is 2. The molecule has 1 N–H and O–H groups in total. The van der Waals surface area contributed by atoms with Crippen molar-refractivity contribution in [1.82, 2.24) is 9.97 Å². The zero-order valence-corrected chi connectivity index (χ0v) is 24.6. The molecule has 2 aromatic heterocycles. The fourth-order valence-corrected chi connectivity index (χ4v) is 7.34. The van der Waals surface area contributed by atoms with Crippen LogP contribution in [0.2, 0.25) is 0 Å². The normalized spacial score (nSPS) is 13.6. The lowest BCUT2D eigenvalue weighted by molar-refractivity contribution is 0.295. The van der Waals surface area contributed by atoms with E-state index in [2.05, 4.69) is 0 Å². The third kappa shape index (κ3) is 4.19. The largest absolute Gasteiger partial charge is 0.584 e. The van der Waals surface area contributed by atoms with Crippen LogP contribution in [0.5, 0.6) is 11.5 Å². The second-order valence-corrected chi connectivity index (χ2v) is 12.5. The second-order valence-electron chi connectivity index (χ2n) is 11.2. The van der Waals surface area contributed by atoms with Crippen molar-refractivity contribution in [2.45, 2.75) is 0 Å². The van der Waals surface area contributed by atoms with Crippen molar-refractivity contribution in [2.24, 2.45) is 0 Å². The van der Waals surface area contributed by atoms with Crippen molar-refractivity contribution in [1.29, 1.82) is 0 Å². The van der Waals surface area contributed by atoms with E-state index in [-0.39, 0.29) is 11.5 Å². The molecular weight excluding hydrogens is 579 g/mol. The first-order valence-corrected chi connectivity index (χ1v) is 16.1. The molecule has 0 bridgehead atoms. The lowest BCUT2D eigenvalue weighted by Gasteiger charge is -2.18. The Labute approximate surface area is 257 Å². The van der Waals surface area contributed by atoms with Gasteiger partial charge < -0.3 is 9.05 Å². The van der Waals surface area contributed by atoms with Gasteiger partial charge in [0.25, 0.3) is 0 Å². The van der Waals surface area contributed by atoms with Crippen LogP contribution in [-0.4, -0.2) is 14.9 Å². The van der Waals surface area contributed by atoms with Gasteiger partial charge in [-0.1, -0.05) is 84.9 Å². The van der Waals surface area contributed by atoms with Crippen LogP contribution < -0.4 is 9.05 Å². The summed E-state index contributed by atoms with van der Waals surface area (Å²) in [5.41, 5.74) is 5.90. The van der Waals surface area contributed by atoms with E-state index in [1.54, 1.807) is 12.4 Å². The molecule has 9 rings (SSSR count). The lowest BCUT2D eigenvalue weighted by Crippen LogP contribution is -2.00. The second kappa shape index (κ2) is 9.73. The molecule has 3 heterocycles. The third-order valence-corrected chi connectivity index (χ3v) is 9.30. The molecule has 0 unspecified atom stereocenters. The van der Waals surface area contributed by atoms with Crippen molar-refractivity contribution >= 4 is 51.2 Å². The molecule has 0 aliphatic carbocycles. The standard InChI is InChI=1S/C38H23N2O4P/c41-45(42)43-37-31(27-17-25-11-3-7-15-33(25)39-21-27)19-23-9-1-5-13-29(23)35(37)36-30-14-6-2-10-24(30)20-32(38(36)44-45)28-18-26-12-4-8-16-34(26)40-22-28/h1-22H,(H,41,42). The molecule has 45 heavy (non-hydrogen) atoms. The summed E-state index contributed by atoms with van der Waals surface area (Å²) in [4.78, 5) is 20.7. The zero-order valence-electron chi connectivity index (χ0n) is 23.7. The van der Waals surface area contributed by atoms with Gasteiger partial charge in [0.1, 0.15) is 11.5 Å². The summed E-state index contributed by atoms with van der Waals surface area (Å²) in [5.74, 6) is 0.545. The average Bonchev–Trinajstić information content (AvgIpc) is 3.20. The highest BCUT2D eigenvalue weighted by molar-refractivity contribution is 7.48. The van der Waals surface area contributed by atoms with Gasteiger partial charge in [-0.05, 0) is 57.9 Å². The lowest BCUT2D eigenvalue weighted by atomic mass is 9.86. The van der Waals surface area contributed by atoms with Gasteiger partial charge >= 0.3 is 7.82 Å². The first kappa shape index (κ1) is 25.9. The number of phosphoric acid groups is 1. The zero-order chi connectivity index (χ0) is 30.1. The van der Waals surface area contributed by atoms with Crippen LogP contribution in [0.1, 0.15) is 0 Å². The van der Waals surface area contributed by atoms with Gasteiger partial charge in [-0.15, -0.1) is 0 Å². The van der Waals surface area contributed by atoms with Crippen LogP contribution in [0.15, 0.2) is 134 Å². The molecule has 0 spiro atoms. The fraction of sp³-hybridized carbons (Fsp3) is 0. The van der Waals surface area contributed by atoms with Crippen molar-refractivity contribution in [3.8, 4) is 44.9 Å². The van der Waals surface area contributed by atoms with Crippen LogP contribution in [0.25, 0.3) is 76.7 Å². The third-order valence-electron chi connectivity index (χ3n) is 8.47. The monoisotopic (exact) mass is 602 g/mol. The number of pyridine rings is 2. The first-order chi connectivity index (χ1) is 22.0. The van der Waals surface area contributed by atoms with E-state index >= 15 is 0 Å². The molecule has 0 amide bonds. The molecule has 6 aromatic carbocycles. The number of fused-ring (bicyclic) bond motifs is 9. The van der Waals surface area contributed by atoms with Gasteiger partial charge in [0.2, 0.25) is 0 Å². The maximum Gasteiger partial charge on any atom is 0.584 e. The molecule has 0 fully saturated rings. The highest BCUT2D eigenvalue weighted by Crippen LogP contribution is 2.61. The molecule has 6 nitrogen and oxygen atoms in total. The molecule has 0 radical (unpaired) electrons. The number of rotatable bonds is 2. The minimum absolute atomic E-state index is 0.273. The Morgan fingerprint density at radius 1 is 0.511 bits per heavy atom. The van der Waals surface area contributed by atoms with Crippen molar-refractivity contribution in [2.75, 3.05) is 0 Å². The van der Waals surface area contributed by atoms with Gasteiger partial charge in [0.05, 0.1) is 11.0 Å². The van der Waals surface area contributed by atoms with Gasteiger partial charge in [-0.2, -0.15) is 0 Å². The minimum Gasteiger partial charge on any atom is -0.394 e. The molecular formula is C38H23N2O4P. The van der Waals surface area contributed by atoms with Crippen LogP contribution >= 0.6 is 7.82 Å². The number of benzene rings is 6. The smallest absolute Gasteiger partial charge is 0.394 e. The fourth-order valence-electron chi connectivity index (χ4n) is 6.46. The van der Waals surface area contributed by atoms with Gasteiger partial charge in [0.15, 0.2) is 0 Å². The number of para-hydroxylation sites is 2. The van der Waals surface area contributed by atoms with Crippen molar-refractivity contribution in [3.05, 3.63) is 134 Å². The summed E-state index contributed by atoms with van der Waals surface area (Å²) >= 11 is 0. The Kier molecular flexibility index (Phi) is 5.60. The number of hydrogen-bond acceptors (Lipinski definition) is 5. The Balaban J connectivity index is 1.44. The predicted molar refractivity (Wildman–Crippen MR) is 179 cm³/mol. The first-order valence-electron chi connectivity index (χ1n) is 14.6. The van der Waals surface area contributed by atoms with E-state index in [1.807, 2.05) is 121 Å². The van der Waals surface area contributed by atoms with Crippen LogP contribution in [0.4, 0.5) is 0 Å². The summed E-state index contributed by atoms with van der Waals surface area (Å²) < 4.78 is 26.1. The van der Waals surface area contributed by atoms with Crippen LogP contribution in [0, 0.1) is 0 Å². The predicted octanol–water partition coefficient (Wildman–Crippen LogP) is 9.96. The summed E-state index contributed by atoms with van der Waals surface area (Å²) in [6.45, 7) is 0. The van der Waals surface area contributed by atoms with Gasteiger partial charge in [0, 0.05) is 56.5 Å². The van der Waals surface area contributed by atoms with E-state index in [9.17, 15) is 9.46 Å². The molecule has 0 saturated carbocycles. The average molecular weight is 603 g/mol. The molecule has 0 atom stereocenters. The molecule has 0 saturated heterocycles. The van der Waals surface area contributed by atoms with Crippen LogP contribution in [0.3, 0.4) is 0 Å². The number of aromatic nitrogens is 2. The highest BCUT2D eigenvalue weighted by Gasteiger charge is 2.37. The summed E-state index contributed by atoms with van der Waals surface area (Å²) in [6, 6.07) is 39.8. The van der Waals surface area contributed by atoms with Gasteiger partial charge in [-0.25, -0.2) is 4.57 Å². The Morgan fingerprint density at radius 3 is 1.38 bits per heavy atom. The Bertz CT molecular complexity index is 2390. The number of hydrogen-bond donors (Lipinski definition) is 1. The minimum atomic E-state index is -4.68. The topological polar surface area (TPSA) is 81.5 Å². The summed E-state index contributed by atoms with van der Waals surface area (Å²) in [5, 5.41) is 5.54. The maximum atomic E-state index is 13.9. The SMILES string of the molecule is O=P1(O)Oc2c(-c3cnc4ccccc4c3)cc3ccccc3c2-c2c(c(-c3cnc4ccccc4c3)cc3ccccc23)O1. The molecule has 7 heteroatoms. The van der Waals surface area contributed by atoms with Crippen LogP contribution in [-0.2, 0) is 4.57 Å². The Hall–Kier alpha value is -5.55.